The summed E-state index contributed by atoms with van der Waals surface area (Å²) < 4.78 is 10.6. The standard InChI is InChI=1S/C16H20O8/c1-23-12-7-6-10(14(17)18)9-13(12)24-8-4-2-3-5-11(15(19)20)16(21)22/h6-7,9,11H,2-5,8H2,1H3,(H,17,18)(H,19,20)(H,21,22). The minimum atomic E-state index is -1.39. The molecular weight excluding hydrogens is 320 g/mol. The summed E-state index contributed by atoms with van der Waals surface area (Å²) in [5.41, 5.74) is 0.0801. The van der Waals surface area contributed by atoms with Gasteiger partial charge in [-0.1, -0.05) is 12.8 Å². The van der Waals surface area contributed by atoms with Crippen LogP contribution in [0.25, 0.3) is 0 Å². The van der Waals surface area contributed by atoms with E-state index in [0.29, 0.717) is 30.8 Å². The Balaban J connectivity index is 2.42. The fraction of sp³-hybridized carbons (Fsp3) is 0.438. The number of unbranched alkanes of at least 4 members (excludes halogenated alkanes) is 2. The molecule has 24 heavy (non-hydrogen) atoms. The van der Waals surface area contributed by atoms with E-state index >= 15 is 0 Å². The SMILES string of the molecule is COc1ccc(C(=O)O)cc1OCCCCCC(C(=O)O)C(=O)O. The quantitative estimate of drug-likeness (QED) is 0.412. The number of carboxylic acids is 3. The number of aromatic carboxylic acids is 1. The van der Waals surface area contributed by atoms with Gasteiger partial charge in [0.25, 0.3) is 0 Å². The molecule has 0 amide bonds. The van der Waals surface area contributed by atoms with Crippen LogP contribution in [0.2, 0.25) is 0 Å². The minimum absolute atomic E-state index is 0.0580. The van der Waals surface area contributed by atoms with Gasteiger partial charge in [-0.15, -0.1) is 0 Å². The molecule has 0 aliphatic carbocycles. The second kappa shape index (κ2) is 9.39. The highest BCUT2D eigenvalue weighted by molar-refractivity contribution is 5.92. The van der Waals surface area contributed by atoms with E-state index < -0.39 is 23.8 Å². The molecule has 0 saturated carbocycles. The monoisotopic (exact) mass is 340 g/mol. The summed E-state index contributed by atoms with van der Waals surface area (Å²) in [5, 5.41) is 26.5. The Kier molecular flexibility index (Phi) is 7.54. The lowest BCUT2D eigenvalue weighted by molar-refractivity contribution is -0.154. The molecule has 1 rings (SSSR count). The van der Waals surface area contributed by atoms with E-state index in [1.54, 1.807) is 0 Å². The summed E-state index contributed by atoms with van der Waals surface area (Å²) in [4.78, 5) is 32.4. The molecular formula is C16H20O8. The van der Waals surface area contributed by atoms with Crippen LogP contribution >= 0.6 is 0 Å². The molecule has 3 N–H and O–H groups in total. The fourth-order valence-electron chi connectivity index (χ4n) is 2.08. The van der Waals surface area contributed by atoms with Gasteiger partial charge in [0.2, 0.25) is 0 Å². The van der Waals surface area contributed by atoms with Gasteiger partial charge in [-0.3, -0.25) is 9.59 Å². The number of hydrogen-bond donors (Lipinski definition) is 3. The van der Waals surface area contributed by atoms with Crippen LogP contribution in [0, 0.1) is 5.92 Å². The smallest absolute Gasteiger partial charge is 0.335 e. The molecule has 132 valence electrons. The molecule has 8 heteroatoms. The predicted octanol–water partition coefficient (Wildman–Crippen LogP) is 2.12. The maximum Gasteiger partial charge on any atom is 0.335 e. The zero-order valence-corrected chi connectivity index (χ0v) is 13.2. The van der Waals surface area contributed by atoms with Crippen molar-refractivity contribution < 1.29 is 39.2 Å². The van der Waals surface area contributed by atoms with Gasteiger partial charge in [0.15, 0.2) is 17.4 Å². The van der Waals surface area contributed by atoms with Crippen molar-refractivity contribution in [1.29, 1.82) is 0 Å². The second-order valence-electron chi connectivity index (χ2n) is 5.10. The zero-order valence-electron chi connectivity index (χ0n) is 13.2. The Bertz CT molecular complexity index is 582. The van der Waals surface area contributed by atoms with E-state index in [1.165, 1.54) is 25.3 Å². The fourth-order valence-corrected chi connectivity index (χ4v) is 2.08. The molecule has 0 aliphatic rings. The molecule has 8 nitrogen and oxygen atoms in total. The van der Waals surface area contributed by atoms with Crippen molar-refractivity contribution in [2.45, 2.75) is 25.7 Å². The van der Waals surface area contributed by atoms with Crippen LogP contribution in [0.3, 0.4) is 0 Å². The van der Waals surface area contributed by atoms with E-state index in [2.05, 4.69) is 0 Å². The third-order valence-electron chi connectivity index (χ3n) is 3.40. The Morgan fingerprint density at radius 2 is 1.67 bits per heavy atom. The van der Waals surface area contributed by atoms with E-state index in [9.17, 15) is 14.4 Å². The van der Waals surface area contributed by atoms with Gasteiger partial charge in [0, 0.05) is 0 Å². The lowest BCUT2D eigenvalue weighted by Gasteiger charge is -2.11. The van der Waals surface area contributed by atoms with E-state index in [-0.39, 0.29) is 18.6 Å². The highest BCUT2D eigenvalue weighted by Gasteiger charge is 2.24. The number of benzene rings is 1. The lowest BCUT2D eigenvalue weighted by Crippen LogP contribution is -2.23. The first-order chi connectivity index (χ1) is 11.4. The predicted molar refractivity (Wildman–Crippen MR) is 82.7 cm³/mol. The van der Waals surface area contributed by atoms with Gasteiger partial charge in [0.05, 0.1) is 19.3 Å². The van der Waals surface area contributed by atoms with Crippen molar-refractivity contribution >= 4 is 17.9 Å². The molecule has 0 aliphatic heterocycles. The lowest BCUT2D eigenvalue weighted by atomic mass is 10.0. The summed E-state index contributed by atoms with van der Waals surface area (Å²) >= 11 is 0. The van der Waals surface area contributed by atoms with Crippen LogP contribution < -0.4 is 9.47 Å². The van der Waals surface area contributed by atoms with Crippen molar-refractivity contribution in [3.05, 3.63) is 23.8 Å². The molecule has 0 aromatic heterocycles. The van der Waals surface area contributed by atoms with Gasteiger partial charge >= 0.3 is 17.9 Å². The van der Waals surface area contributed by atoms with Crippen molar-refractivity contribution in [3.8, 4) is 11.5 Å². The third-order valence-corrected chi connectivity index (χ3v) is 3.40. The maximum absolute atomic E-state index is 10.9. The molecule has 1 aromatic carbocycles. The van der Waals surface area contributed by atoms with Crippen LogP contribution in [0.5, 0.6) is 11.5 Å². The Hall–Kier alpha value is -2.77. The number of aliphatic carboxylic acids is 2. The zero-order chi connectivity index (χ0) is 18.1. The molecule has 0 fully saturated rings. The van der Waals surface area contributed by atoms with E-state index in [0.717, 1.165) is 0 Å². The van der Waals surface area contributed by atoms with Crippen molar-refractivity contribution in [3.63, 3.8) is 0 Å². The van der Waals surface area contributed by atoms with Crippen LogP contribution in [0.4, 0.5) is 0 Å². The van der Waals surface area contributed by atoms with Gasteiger partial charge < -0.3 is 24.8 Å². The van der Waals surface area contributed by atoms with E-state index in [4.69, 9.17) is 24.8 Å². The number of carboxylic acid groups (broad SMARTS) is 3. The second-order valence-corrected chi connectivity index (χ2v) is 5.10. The first-order valence-corrected chi connectivity index (χ1v) is 7.36. The van der Waals surface area contributed by atoms with Crippen LogP contribution in [-0.2, 0) is 9.59 Å². The molecule has 0 heterocycles. The number of carbonyl (C=O) groups is 3. The average molecular weight is 340 g/mol. The van der Waals surface area contributed by atoms with E-state index in [1.807, 2.05) is 0 Å². The number of methoxy groups -OCH3 is 1. The largest absolute Gasteiger partial charge is 0.493 e. The van der Waals surface area contributed by atoms with Crippen molar-refractivity contribution in [2.24, 2.45) is 5.92 Å². The topological polar surface area (TPSA) is 130 Å². The number of ether oxygens (including phenoxy) is 2. The average Bonchev–Trinajstić information content (AvgIpc) is 2.52. The molecule has 0 atom stereocenters. The summed E-state index contributed by atoms with van der Waals surface area (Å²) in [6.07, 6.45) is 1.67. The van der Waals surface area contributed by atoms with Crippen molar-refractivity contribution in [1.82, 2.24) is 0 Å². The Labute approximate surface area is 138 Å². The maximum atomic E-state index is 10.9. The first-order valence-electron chi connectivity index (χ1n) is 7.36. The summed E-state index contributed by atoms with van der Waals surface area (Å²) in [5.74, 6) is -4.42. The van der Waals surface area contributed by atoms with Gasteiger partial charge in [0.1, 0.15) is 0 Å². The van der Waals surface area contributed by atoms with Crippen LogP contribution in [-0.4, -0.2) is 46.9 Å². The van der Waals surface area contributed by atoms with Crippen molar-refractivity contribution in [2.75, 3.05) is 13.7 Å². The molecule has 1 aromatic rings. The third kappa shape index (κ3) is 5.79. The minimum Gasteiger partial charge on any atom is -0.493 e. The Morgan fingerprint density at radius 3 is 2.21 bits per heavy atom. The molecule has 0 unspecified atom stereocenters. The van der Waals surface area contributed by atoms with Gasteiger partial charge in [-0.2, -0.15) is 0 Å². The highest BCUT2D eigenvalue weighted by Crippen LogP contribution is 2.28. The highest BCUT2D eigenvalue weighted by atomic mass is 16.5. The number of hydrogen-bond acceptors (Lipinski definition) is 5. The molecule has 0 spiro atoms. The van der Waals surface area contributed by atoms with Gasteiger partial charge in [-0.05, 0) is 31.0 Å². The number of rotatable bonds is 11. The molecule has 0 saturated heterocycles. The summed E-state index contributed by atoms with van der Waals surface area (Å²) in [6.45, 7) is 0.282. The molecule has 0 bridgehead atoms. The first kappa shape index (κ1) is 19.3. The van der Waals surface area contributed by atoms with Gasteiger partial charge in [-0.25, -0.2) is 4.79 Å². The molecule has 0 radical (unpaired) electrons. The summed E-state index contributed by atoms with van der Waals surface area (Å²) in [6, 6.07) is 4.28. The normalized spacial score (nSPS) is 10.4. The Morgan fingerprint density at radius 1 is 1.00 bits per heavy atom. The van der Waals surface area contributed by atoms with Crippen LogP contribution in [0.15, 0.2) is 18.2 Å². The van der Waals surface area contributed by atoms with Crippen LogP contribution in [0.1, 0.15) is 36.0 Å². The summed E-state index contributed by atoms with van der Waals surface area (Å²) in [7, 11) is 1.45.